The van der Waals surface area contributed by atoms with E-state index in [0.717, 1.165) is 5.56 Å². The van der Waals surface area contributed by atoms with Gasteiger partial charge >= 0.3 is 0 Å². The summed E-state index contributed by atoms with van der Waals surface area (Å²) in [6.07, 6.45) is 5.20. The number of benzene rings is 1. The van der Waals surface area contributed by atoms with Crippen molar-refractivity contribution < 1.29 is 4.39 Å². The molecule has 1 aromatic rings. The van der Waals surface area contributed by atoms with Crippen LogP contribution in [0.4, 0.5) is 4.39 Å². The van der Waals surface area contributed by atoms with Gasteiger partial charge in [0.05, 0.1) is 0 Å². The molecule has 0 aliphatic carbocycles. The molecule has 1 rings (SSSR count). The van der Waals surface area contributed by atoms with Gasteiger partial charge in [-0.1, -0.05) is 18.2 Å². The molecule has 0 heterocycles. The molecule has 0 aliphatic rings. The fraction of sp³-hybridized carbons (Fsp3) is 0.100. The number of hydrogen-bond acceptors (Lipinski definition) is 1. The monoisotopic (exact) mass is 163 g/mol. The van der Waals surface area contributed by atoms with Crippen LogP contribution in [0.25, 0.3) is 0 Å². The van der Waals surface area contributed by atoms with Gasteiger partial charge in [-0.05, 0) is 24.6 Å². The molecule has 0 N–H and O–H groups in total. The second-order valence-electron chi connectivity index (χ2n) is 2.31. The lowest BCUT2D eigenvalue weighted by atomic mass is 10.2. The van der Waals surface area contributed by atoms with Crippen LogP contribution in [-0.2, 0) is 0 Å². The van der Waals surface area contributed by atoms with Crippen LogP contribution in [0.1, 0.15) is 12.5 Å². The number of aliphatic imine (C=N–C) groups is 1. The summed E-state index contributed by atoms with van der Waals surface area (Å²) in [5.41, 5.74) is 0.898. The highest BCUT2D eigenvalue weighted by molar-refractivity contribution is 5.79. The van der Waals surface area contributed by atoms with Crippen molar-refractivity contribution in [1.82, 2.24) is 0 Å². The fourth-order valence-corrected chi connectivity index (χ4v) is 0.764. The molecular weight excluding hydrogens is 153 g/mol. The third kappa shape index (κ3) is 2.66. The van der Waals surface area contributed by atoms with Gasteiger partial charge in [0.25, 0.3) is 0 Å². The van der Waals surface area contributed by atoms with Crippen molar-refractivity contribution >= 4 is 6.21 Å². The Bertz CT molecular complexity index is 285. The minimum atomic E-state index is -0.224. The lowest BCUT2D eigenvalue weighted by Crippen LogP contribution is -1.79. The van der Waals surface area contributed by atoms with Gasteiger partial charge < -0.3 is 0 Å². The molecule has 1 aromatic carbocycles. The first-order chi connectivity index (χ1) is 5.83. The molecule has 0 spiro atoms. The van der Waals surface area contributed by atoms with E-state index in [2.05, 4.69) is 4.99 Å². The number of halogens is 1. The smallest absolute Gasteiger partial charge is 0.123 e. The van der Waals surface area contributed by atoms with Crippen molar-refractivity contribution in [3.05, 3.63) is 47.9 Å². The maximum Gasteiger partial charge on any atom is 0.123 e. The zero-order valence-electron chi connectivity index (χ0n) is 6.87. The molecule has 62 valence electrons. The Morgan fingerprint density at radius 2 is 1.92 bits per heavy atom. The molecule has 0 fully saturated rings. The summed E-state index contributed by atoms with van der Waals surface area (Å²) < 4.78 is 12.4. The van der Waals surface area contributed by atoms with Crippen LogP contribution < -0.4 is 0 Å². The molecule has 0 amide bonds. The van der Waals surface area contributed by atoms with Crippen molar-refractivity contribution in [3.8, 4) is 0 Å². The maximum atomic E-state index is 12.4. The predicted octanol–water partition coefficient (Wildman–Crippen LogP) is 2.78. The molecule has 0 saturated heterocycles. The highest BCUT2D eigenvalue weighted by Crippen LogP contribution is 1.99. The van der Waals surface area contributed by atoms with E-state index < -0.39 is 0 Å². The molecule has 2 heteroatoms. The summed E-state index contributed by atoms with van der Waals surface area (Å²) in [6, 6.07) is 6.19. The van der Waals surface area contributed by atoms with E-state index in [-0.39, 0.29) is 5.82 Å². The molecule has 0 radical (unpaired) electrons. The van der Waals surface area contributed by atoms with Gasteiger partial charge in [0.2, 0.25) is 0 Å². The number of nitrogens with zero attached hydrogens (tertiary/aromatic N) is 1. The second-order valence-corrected chi connectivity index (χ2v) is 2.31. The van der Waals surface area contributed by atoms with E-state index in [1.807, 2.05) is 13.0 Å². The quantitative estimate of drug-likeness (QED) is 0.594. The van der Waals surface area contributed by atoms with Gasteiger partial charge in [-0.2, -0.15) is 0 Å². The SMILES string of the molecule is C/C=C/N=Cc1ccc(F)cc1. The zero-order valence-corrected chi connectivity index (χ0v) is 6.87. The van der Waals surface area contributed by atoms with E-state index in [9.17, 15) is 4.39 Å². The van der Waals surface area contributed by atoms with Gasteiger partial charge in [-0.25, -0.2) is 4.39 Å². The van der Waals surface area contributed by atoms with Gasteiger partial charge in [0, 0.05) is 12.4 Å². The van der Waals surface area contributed by atoms with E-state index in [1.165, 1.54) is 12.1 Å². The summed E-state index contributed by atoms with van der Waals surface area (Å²) in [5.74, 6) is -0.224. The van der Waals surface area contributed by atoms with Crippen LogP contribution in [0.2, 0.25) is 0 Å². The molecule has 0 bridgehead atoms. The molecule has 0 aromatic heterocycles. The minimum Gasteiger partial charge on any atom is -0.264 e. The number of rotatable bonds is 2. The third-order valence-electron chi connectivity index (χ3n) is 1.33. The van der Waals surface area contributed by atoms with Crippen LogP contribution in [-0.4, -0.2) is 6.21 Å². The van der Waals surface area contributed by atoms with Crippen LogP contribution in [0.5, 0.6) is 0 Å². The fourth-order valence-electron chi connectivity index (χ4n) is 0.764. The van der Waals surface area contributed by atoms with Crippen LogP contribution in [0.3, 0.4) is 0 Å². The Labute approximate surface area is 71.3 Å². The summed E-state index contributed by atoms with van der Waals surface area (Å²) in [6.45, 7) is 1.89. The van der Waals surface area contributed by atoms with Crippen molar-refractivity contribution in [1.29, 1.82) is 0 Å². The second kappa shape index (κ2) is 4.44. The predicted molar refractivity (Wildman–Crippen MR) is 48.8 cm³/mol. The molecule has 0 aliphatic heterocycles. The highest BCUT2D eigenvalue weighted by Gasteiger charge is 1.87. The molecule has 12 heavy (non-hydrogen) atoms. The van der Waals surface area contributed by atoms with Crippen LogP contribution in [0, 0.1) is 5.82 Å². The topological polar surface area (TPSA) is 12.4 Å². The summed E-state index contributed by atoms with van der Waals surface area (Å²) >= 11 is 0. The largest absolute Gasteiger partial charge is 0.264 e. The number of allylic oxidation sites excluding steroid dienone is 1. The minimum absolute atomic E-state index is 0.224. The Morgan fingerprint density at radius 3 is 2.50 bits per heavy atom. The molecular formula is C10H10FN. The molecule has 0 saturated carbocycles. The average Bonchev–Trinajstić information content (AvgIpc) is 2.09. The van der Waals surface area contributed by atoms with Crippen molar-refractivity contribution in [2.75, 3.05) is 0 Å². The van der Waals surface area contributed by atoms with Crippen molar-refractivity contribution in [3.63, 3.8) is 0 Å². The summed E-state index contributed by atoms with van der Waals surface area (Å²) in [5, 5.41) is 0. The van der Waals surface area contributed by atoms with Crippen molar-refractivity contribution in [2.45, 2.75) is 6.92 Å². The molecule has 0 atom stereocenters. The Balaban J connectivity index is 2.70. The first-order valence-corrected chi connectivity index (χ1v) is 3.73. The van der Waals surface area contributed by atoms with Gasteiger partial charge in [0.15, 0.2) is 0 Å². The lowest BCUT2D eigenvalue weighted by molar-refractivity contribution is 0.628. The van der Waals surface area contributed by atoms with E-state index >= 15 is 0 Å². The first-order valence-electron chi connectivity index (χ1n) is 3.73. The van der Waals surface area contributed by atoms with E-state index in [0.29, 0.717) is 0 Å². The van der Waals surface area contributed by atoms with E-state index in [1.54, 1.807) is 24.5 Å². The normalized spacial score (nSPS) is 11.5. The first kappa shape index (κ1) is 8.65. The van der Waals surface area contributed by atoms with Crippen LogP contribution >= 0.6 is 0 Å². The number of hydrogen-bond donors (Lipinski definition) is 0. The molecule has 1 nitrogen and oxygen atoms in total. The third-order valence-corrected chi connectivity index (χ3v) is 1.33. The van der Waals surface area contributed by atoms with E-state index in [4.69, 9.17) is 0 Å². The average molecular weight is 163 g/mol. The Hall–Kier alpha value is -1.44. The summed E-state index contributed by atoms with van der Waals surface area (Å²) in [4.78, 5) is 3.96. The van der Waals surface area contributed by atoms with Gasteiger partial charge in [-0.15, -0.1) is 0 Å². The van der Waals surface area contributed by atoms with Gasteiger partial charge in [-0.3, -0.25) is 4.99 Å². The highest BCUT2D eigenvalue weighted by atomic mass is 19.1. The Kier molecular flexibility index (Phi) is 3.20. The standard InChI is InChI=1S/C10H10FN/c1-2-7-12-8-9-3-5-10(11)6-4-9/h2-8H,1H3/b7-2+,12-8?. The maximum absolute atomic E-state index is 12.4. The van der Waals surface area contributed by atoms with Gasteiger partial charge in [0.1, 0.15) is 5.82 Å². The summed E-state index contributed by atoms with van der Waals surface area (Å²) in [7, 11) is 0. The zero-order chi connectivity index (χ0) is 8.81. The van der Waals surface area contributed by atoms with Crippen LogP contribution in [0.15, 0.2) is 41.5 Å². The molecule has 0 unspecified atom stereocenters. The lowest BCUT2D eigenvalue weighted by Gasteiger charge is -1.89. The van der Waals surface area contributed by atoms with Crippen molar-refractivity contribution in [2.24, 2.45) is 4.99 Å². The Morgan fingerprint density at radius 1 is 1.25 bits per heavy atom.